The zero-order valence-electron chi connectivity index (χ0n) is 22.4. The number of anilines is 1. The third kappa shape index (κ3) is 4.09. The average molecular weight is 472 g/mol. The van der Waals surface area contributed by atoms with Crippen LogP contribution in [0.4, 0.5) is 5.69 Å². The van der Waals surface area contributed by atoms with Gasteiger partial charge in [-0.05, 0) is 106 Å². The summed E-state index contributed by atoms with van der Waals surface area (Å²) < 4.78 is 0. The number of fused-ring (bicyclic) bond motifs is 4. The number of allylic oxidation sites excluding steroid dienone is 4. The molecule has 5 rings (SSSR count). The first kappa shape index (κ1) is 24.4. The van der Waals surface area contributed by atoms with Crippen LogP contribution in [0, 0.1) is 34.5 Å². The zero-order valence-corrected chi connectivity index (χ0v) is 22.4. The van der Waals surface area contributed by atoms with Gasteiger partial charge in [0.25, 0.3) is 0 Å². The van der Waals surface area contributed by atoms with Gasteiger partial charge in [-0.15, -0.1) is 0 Å². The predicted molar refractivity (Wildman–Crippen MR) is 143 cm³/mol. The molecular formula is C32H41NO2. The molecule has 35 heavy (non-hydrogen) atoms. The van der Waals surface area contributed by atoms with Gasteiger partial charge in [0.2, 0.25) is 0 Å². The van der Waals surface area contributed by atoms with Gasteiger partial charge >= 0.3 is 0 Å². The number of nitrogens with zero attached hydrogens (tertiary/aromatic N) is 1. The second kappa shape index (κ2) is 8.38. The first-order valence-corrected chi connectivity index (χ1v) is 13.4. The van der Waals surface area contributed by atoms with E-state index in [9.17, 15) is 9.90 Å². The molecule has 3 heteroatoms. The summed E-state index contributed by atoms with van der Waals surface area (Å²) in [6.07, 6.45) is 8.17. The maximum absolute atomic E-state index is 12.3. The summed E-state index contributed by atoms with van der Waals surface area (Å²) in [6.45, 7) is 8.69. The number of hydrogen-bond acceptors (Lipinski definition) is 3. The lowest BCUT2D eigenvalue weighted by Crippen LogP contribution is -2.51. The average Bonchev–Trinajstić information content (AvgIpc) is 3.07. The second-order valence-electron chi connectivity index (χ2n) is 12.9. The Bertz CT molecular complexity index is 1170. The van der Waals surface area contributed by atoms with Gasteiger partial charge < -0.3 is 10.0 Å². The van der Waals surface area contributed by atoms with Crippen molar-refractivity contribution in [3.05, 3.63) is 52.6 Å². The van der Waals surface area contributed by atoms with Gasteiger partial charge in [0.1, 0.15) is 5.60 Å². The molecule has 0 saturated heterocycles. The number of ketones is 1. The Balaban J connectivity index is 1.67. The minimum Gasteiger partial charge on any atom is -0.378 e. The van der Waals surface area contributed by atoms with Gasteiger partial charge in [-0.1, -0.05) is 36.5 Å². The molecule has 0 bridgehead atoms. The van der Waals surface area contributed by atoms with Crippen LogP contribution >= 0.6 is 0 Å². The predicted octanol–water partition coefficient (Wildman–Crippen LogP) is 6.43. The first-order valence-electron chi connectivity index (χ1n) is 13.4. The summed E-state index contributed by atoms with van der Waals surface area (Å²) in [7, 11) is 4.18. The van der Waals surface area contributed by atoms with Crippen LogP contribution < -0.4 is 4.90 Å². The van der Waals surface area contributed by atoms with E-state index in [4.69, 9.17) is 0 Å². The van der Waals surface area contributed by atoms with Gasteiger partial charge in [-0.25, -0.2) is 0 Å². The van der Waals surface area contributed by atoms with Crippen molar-refractivity contribution < 1.29 is 9.90 Å². The molecule has 0 heterocycles. The summed E-state index contributed by atoms with van der Waals surface area (Å²) in [6, 6.07) is 8.94. The van der Waals surface area contributed by atoms with Crippen LogP contribution in [-0.2, 0) is 4.79 Å². The highest BCUT2D eigenvalue weighted by atomic mass is 16.3. The lowest BCUT2D eigenvalue weighted by atomic mass is 9.51. The van der Waals surface area contributed by atoms with Crippen LogP contribution in [0.1, 0.15) is 84.1 Å². The highest BCUT2D eigenvalue weighted by Gasteiger charge is 2.62. The fraction of sp³-hybridized carbons (Fsp3) is 0.594. The van der Waals surface area contributed by atoms with Crippen LogP contribution in [-0.4, -0.2) is 30.6 Å². The summed E-state index contributed by atoms with van der Waals surface area (Å²) in [5.74, 6) is 8.22. The van der Waals surface area contributed by atoms with Crippen molar-refractivity contribution in [2.45, 2.75) is 84.2 Å². The van der Waals surface area contributed by atoms with Crippen molar-refractivity contribution in [3.63, 3.8) is 0 Å². The van der Waals surface area contributed by atoms with E-state index in [1.165, 1.54) is 22.4 Å². The fourth-order valence-electron chi connectivity index (χ4n) is 7.48. The highest BCUT2D eigenvalue weighted by Crippen LogP contribution is 2.66. The van der Waals surface area contributed by atoms with Crippen molar-refractivity contribution >= 4 is 11.5 Å². The smallest absolute Gasteiger partial charge is 0.156 e. The summed E-state index contributed by atoms with van der Waals surface area (Å²) >= 11 is 0. The van der Waals surface area contributed by atoms with E-state index in [0.29, 0.717) is 18.3 Å². The third-order valence-corrected chi connectivity index (χ3v) is 9.32. The largest absolute Gasteiger partial charge is 0.378 e. The van der Waals surface area contributed by atoms with Crippen molar-refractivity contribution in [2.75, 3.05) is 19.0 Å². The van der Waals surface area contributed by atoms with Crippen LogP contribution in [0.5, 0.6) is 0 Å². The number of carbonyl (C=O) groups excluding carboxylic acids is 1. The molecule has 1 aromatic rings. The quantitative estimate of drug-likeness (QED) is 0.505. The lowest BCUT2D eigenvalue weighted by Gasteiger charge is -2.53. The third-order valence-electron chi connectivity index (χ3n) is 9.32. The fourth-order valence-corrected chi connectivity index (χ4v) is 7.48. The van der Waals surface area contributed by atoms with E-state index in [-0.39, 0.29) is 22.5 Å². The van der Waals surface area contributed by atoms with Crippen molar-refractivity contribution in [1.29, 1.82) is 0 Å². The number of aliphatic hydroxyl groups is 1. The highest BCUT2D eigenvalue weighted by molar-refractivity contribution is 5.93. The zero-order chi connectivity index (χ0) is 25.2. The van der Waals surface area contributed by atoms with Crippen molar-refractivity contribution in [1.82, 2.24) is 0 Å². The van der Waals surface area contributed by atoms with Gasteiger partial charge in [0.15, 0.2) is 5.78 Å². The van der Waals surface area contributed by atoms with Crippen LogP contribution in [0.2, 0.25) is 0 Å². The van der Waals surface area contributed by atoms with E-state index in [0.717, 1.165) is 38.5 Å². The van der Waals surface area contributed by atoms with E-state index < -0.39 is 5.60 Å². The Morgan fingerprint density at radius 2 is 1.89 bits per heavy atom. The molecule has 5 atom stereocenters. The standard InChI is InChI=1S/C32H41NO2/c1-30(2,3)16-17-32(35)15-14-28-26-12-10-22-19-24(34)11-13-25(22)29(26)27(20-31(28,32)4)21-8-7-9-23(18-21)33(5)6/h7-9,18-19,26-28,35H,10-15,20H2,1-6H3/t26-,27+,28-,31-,32+/m0/s1. The minimum absolute atomic E-state index is 0.134. The molecule has 0 amide bonds. The van der Waals surface area contributed by atoms with Gasteiger partial charge in [-0.2, -0.15) is 0 Å². The van der Waals surface area contributed by atoms with Gasteiger partial charge in [-0.3, -0.25) is 4.79 Å². The van der Waals surface area contributed by atoms with Crippen molar-refractivity contribution in [3.8, 4) is 11.8 Å². The van der Waals surface area contributed by atoms with Gasteiger partial charge in [0, 0.05) is 43.0 Å². The van der Waals surface area contributed by atoms with Gasteiger partial charge in [0.05, 0.1) is 0 Å². The minimum atomic E-state index is -0.961. The molecular weight excluding hydrogens is 430 g/mol. The molecule has 0 aromatic heterocycles. The molecule has 0 unspecified atom stereocenters. The van der Waals surface area contributed by atoms with E-state index >= 15 is 0 Å². The number of rotatable bonds is 2. The molecule has 0 radical (unpaired) electrons. The van der Waals surface area contributed by atoms with E-state index in [2.05, 4.69) is 82.8 Å². The topological polar surface area (TPSA) is 40.5 Å². The molecule has 1 aromatic carbocycles. The lowest BCUT2D eigenvalue weighted by molar-refractivity contribution is -0.114. The number of benzene rings is 1. The van der Waals surface area contributed by atoms with E-state index in [1.807, 2.05) is 6.08 Å². The summed E-state index contributed by atoms with van der Waals surface area (Å²) in [5, 5.41) is 12.1. The molecule has 0 spiro atoms. The molecule has 2 fully saturated rings. The molecule has 3 nitrogen and oxygen atoms in total. The van der Waals surface area contributed by atoms with Crippen LogP contribution in [0.3, 0.4) is 0 Å². The Morgan fingerprint density at radius 1 is 1.11 bits per heavy atom. The first-order chi connectivity index (χ1) is 16.4. The van der Waals surface area contributed by atoms with Crippen LogP contribution in [0.25, 0.3) is 0 Å². The monoisotopic (exact) mass is 471 g/mol. The number of hydrogen-bond donors (Lipinski definition) is 1. The Kier molecular flexibility index (Phi) is 5.84. The molecule has 0 aliphatic heterocycles. The Morgan fingerprint density at radius 3 is 2.60 bits per heavy atom. The normalized spacial score (nSPS) is 34.3. The van der Waals surface area contributed by atoms with Crippen LogP contribution in [0.15, 0.2) is 47.1 Å². The summed E-state index contributed by atoms with van der Waals surface area (Å²) in [5.41, 5.74) is 5.49. The molecule has 4 aliphatic carbocycles. The second-order valence-corrected chi connectivity index (χ2v) is 12.9. The number of carbonyl (C=O) groups is 1. The molecule has 4 aliphatic rings. The Labute approximate surface area is 211 Å². The Hall–Kier alpha value is -2.31. The molecule has 2 saturated carbocycles. The van der Waals surface area contributed by atoms with E-state index in [1.54, 1.807) is 5.57 Å². The maximum Gasteiger partial charge on any atom is 0.156 e. The molecule has 1 N–H and O–H groups in total. The SMILES string of the molecule is CN(C)c1cccc([C@H]2C[C@@]3(C)[C@@H](CC[C@@]3(O)C#CC(C)(C)C)[C@@H]3CCC4=CC(=O)CCC4=C32)c1. The summed E-state index contributed by atoms with van der Waals surface area (Å²) in [4.78, 5) is 14.4. The molecule has 186 valence electrons. The van der Waals surface area contributed by atoms with Crippen molar-refractivity contribution in [2.24, 2.45) is 22.7 Å². The maximum atomic E-state index is 12.3.